The first-order chi connectivity index (χ1) is 14.7. The van der Waals surface area contributed by atoms with E-state index in [9.17, 15) is 18.4 Å². The van der Waals surface area contributed by atoms with E-state index >= 15 is 0 Å². The van der Waals surface area contributed by atoms with Gasteiger partial charge in [-0.25, -0.2) is 4.39 Å². The predicted octanol–water partition coefficient (Wildman–Crippen LogP) is 2.38. The summed E-state index contributed by atoms with van der Waals surface area (Å²) in [7, 11) is 2.72. The molecule has 0 aliphatic carbocycles. The number of rotatable bonds is 7. The Bertz CT molecular complexity index is 1000. The van der Waals surface area contributed by atoms with Crippen LogP contribution in [0.2, 0.25) is 0 Å². The number of hydrogen-bond acceptors (Lipinski definition) is 6. The summed E-state index contributed by atoms with van der Waals surface area (Å²) in [6, 6.07) is 5.18. The topological polar surface area (TPSA) is 113 Å². The van der Waals surface area contributed by atoms with E-state index in [0.29, 0.717) is 12.0 Å². The van der Waals surface area contributed by atoms with Crippen LogP contribution in [0, 0.1) is 11.6 Å². The van der Waals surface area contributed by atoms with E-state index < -0.39 is 41.1 Å². The fraction of sp³-hybridized carbons (Fsp3) is 0.381. The van der Waals surface area contributed by atoms with Crippen LogP contribution < -0.4 is 15.8 Å². The largest absolute Gasteiger partial charge is 0.493 e. The van der Waals surface area contributed by atoms with Crippen LogP contribution in [0.25, 0.3) is 0 Å². The maximum atomic E-state index is 14.3. The van der Waals surface area contributed by atoms with Crippen LogP contribution in [0.3, 0.4) is 0 Å². The molecular weight excluding hydrogens is 412 g/mol. The zero-order chi connectivity index (χ0) is 22.8. The van der Waals surface area contributed by atoms with Gasteiger partial charge in [0.2, 0.25) is 5.82 Å². The van der Waals surface area contributed by atoms with E-state index in [1.54, 1.807) is 6.92 Å². The average Bonchev–Trinajstić information content (AvgIpc) is 3.07. The van der Waals surface area contributed by atoms with Gasteiger partial charge in [-0.05, 0) is 31.5 Å². The smallest absolute Gasteiger partial charge is 0.267 e. The summed E-state index contributed by atoms with van der Waals surface area (Å²) in [6.07, 6.45) is 0.559. The first kappa shape index (κ1) is 22.6. The van der Waals surface area contributed by atoms with Gasteiger partial charge in [0.05, 0.1) is 19.3 Å². The standard InChI is InChI=1S/C21H23F2N3O5/c1-21(10-29-2)9-13(12-4-5-14(22)16(23)17(12)30-3)18(31-21)20(28)26-11-6-7-25-15(8-11)19(24)27/h4-8,13,18H,9-10H2,1-3H3,(H2,24,27)(H,25,26,28)/t13-,18+,21+/m0/s1. The number of anilines is 1. The second-order valence-electron chi connectivity index (χ2n) is 7.50. The quantitative estimate of drug-likeness (QED) is 0.691. The number of hydrogen-bond donors (Lipinski definition) is 2. The number of amides is 2. The van der Waals surface area contributed by atoms with Gasteiger partial charge in [-0.3, -0.25) is 14.6 Å². The molecule has 31 heavy (non-hydrogen) atoms. The molecule has 1 saturated heterocycles. The molecule has 1 aliphatic heterocycles. The Morgan fingerprint density at radius 2 is 2.06 bits per heavy atom. The Labute approximate surface area is 177 Å². The Morgan fingerprint density at radius 3 is 2.71 bits per heavy atom. The lowest BCUT2D eigenvalue weighted by Crippen LogP contribution is -2.35. The predicted molar refractivity (Wildman–Crippen MR) is 107 cm³/mol. The van der Waals surface area contributed by atoms with E-state index in [1.807, 2.05) is 0 Å². The lowest BCUT2D eigenvalue weighted by atomic mass is 9.86. The fourth-order valence-electron chi connectivity index (χ4n) is 3.82. The van der Waals surface area contributed by atoms with E-state index in [2.05, 4.69) is 10.3 Å². The van der Waals surface area contributed by atoms with Crippen molar-refractivity contribution in [3.63, 3.8) is 0 Å². The van der Waals surface area contributed by atoms with Crippen LogP contribution in [-0.2, 0) is 14.3 Å². The molecule has 0 radical (unpaired) electrons. The molecule has 1 aliphatic rings. The van der Waals surface area contributed by atoms with Crippen LogP contribution in [-0.4, -0.2) is 49.3 Å². The third-order valence-electron chi connectivity index (χ3n) is 5.10. The Morgan fingerprint density at radius 1 is 1.32 bits per heavy atom. The first-order valence-electron chi connectivity index (χ1n) is 9.44. The minimum atomic E-state index is -1.14. The number of ether oxygens (including phenoxy) is 3. The SMILES string of the molecule is COC[C@@]1(C)C[C@@H](c2ccc(F)c(F)c2OC)[C@H](C(=O)Nc2ccnc(C(N)=O)c2)O1. The second-order valence-corrected chi connectivity index (χ2v) is 7.50. The van der Waals surface area contributed by atoms with Crippen molar-refractivity contribution in [2.24, 2.45) is 5.73 Å². The van der Waals surface area contributed by atoms with Crippen molar-refractivity contribution in [3.8, 4) is 5.75 Å². The normalized spacial score (nSPS) is 22.9. The number of pyridine rings is 1. The minimum Gasteiger partial charge on any atom is -0.493 e. The number of nitrogens with two attached hydrogens (primary N) is 1. The molecular formula is C21H23F2N3O5. The van der Waals surface area contributed by atoms with Crippen molar-refractivity contribution in [2.75, 3.05) is 26.1 Å². The number of carbonyl (C=O) groups excluding carboxylic acids is 2. The van der Waals surface area contributed by atoms with Crippen LogP contribution in [0.1, 0.15) is 35.3 Å². The Balaban J connectivity index is 1.96. The molecule has 2 aromatic rings. The monoisotopic (exact) mass is 435 g/mol. The average molecular weight is 435 g/mol. The van der Waals surface area contributed by atoms with Crippen molar-refractivity contribution >= 4 is 17.5 Å². The lowest BCUT2D eigenvalue weighted by Gasteiger charge is -2.23. The minimum absolute atomic E-state index is 0.0202. The summed E-state index contributed by atoms with van der Waals surface area (Å²) in [5.41, 5.74) is 4.94. The number of nitrogens with zero attached hydrogens (tertiary/aromatic N) is 1. The van der Waals surface area contributed by atoms with Gasteiger partial charge in [0, 0.05) is 30.5 Å². The summed E-state index contributed by atoms with van der Waals surface area (Å²) in [5.74, 6) is -4.42. The van der Waals surface area contributed by atoms with Gasteiger partial charge in [-0.2, -0.15) is 4.39 Å². The van der Waals surface area contributed by atoms with Crippen molar-refractivity contribution in [3.05, 3.63) is 53.4 Å². The van der Waals surface area contributed by atoms with E-state index in [0.717, 1.165) is 6.07 Å². The highest BCUT2D eigenvalue weighted by Gasteiger charge is 2.48. The van der Waals surface area contributed by atoms with Gasteiger partial charge in [0.15, 0.2) is 11.6 Å². The van der Waals surface area contributed by atoms with Crippen molar-refractivity contribution < 1.29 is 32.6 Å². The van der Waals surface area contributed by atoms with Gasteiger partial charge in [-0.1, -0.05) is 6.07 Å². The highest BCUT2D eigenvalue weighted by Crippen LogP contribution is 2.45. The third kappa shape index (κ3) is 4.64. The third-order valence-corrected chi connectivity index (χ3v) is 5.10. The fourth-order valence-corrected chi connectivity index (χ4v) is 3.82. The van der Waals surface area contributed by atoms with E-state index in [1.165, 1.54) is 38.6 Å². The van der Waals surface area contributed by atoms with Crippen molar-refractivity contribution in [2.45, 2.75) is 31.0 Å². The second kappa shape index (κ2) is 8.94. The number of halogens is 2. The molecule has 1 fully saturated rings. The molecule has 10 heteroatoms. The van der Waals surface area contributed by atoms with Crippen LogP contribution in [0.4, 0.5) is 14.5 Å². The molecule has 3 N–H and O–H groups in total. The van der Waals surface area contributed by atoms with Gasteiger partial charge < -0.3 is 25.3 Å². The molecule has 2 heterocycles. The number of nitrogens with one attached hydrogen (secondary N) is 1. The van der Waals surface area contributed by atoms with Gasteiger partial charge in [0.25, 0.3) is 11.8 Å². The Kier molecular flexibility index (Phi) is 6.51. The van der Waals surface area contributed by atoms with Crippen LogP contribution in [0.15, 0.2) is 30.5 Å². The zero-order valence-electron chi connectivity index (χ0n) is 17.3. The summed E-state index contributed by atoms with van der Waals surface area (Å²) in [4.78, 5) is 28.3. The molecule has 166 valence electrons. The molecule has 1 aromatic carbocycles. The summed E-state index contributed by atoms with van der Waals surface area (Å²) in [6.45, 7) is 1.95. The number of primary amides is 1. The first-order valence-corrected chi connectivity index (χ1v) is 9.44. The molecule has 3 rings (SSSR count). The molecule has 0 bridgehead atoms. The summed E-state index contributed by atoms with van der Waals surface area (Å²) in [5, 5.41) is 2.66. The highest BCUT2D eigenvalue weighted by molar-refractivity contribution is 5.97. The maximum absolute atomic E-state index is 14.3. The van der Waals surface area contributed by atoms with Gasteiger partial charge >= 0.3 is 0 Å². The molecule has 0 unspecified atom stereocenters. The number of aromatic nitrogens is 1. The summed E-state index contributed by atoms with van der Waals surface area (Å²) < 4.78 is 44.4. The lowest BCUT2D eigenvalue weighted by molar-refractivity contribution is -0.134. The van der Waals surface area contributed by atoms with E-state index in [4.69, 9.17) is 19.9 Å². The number of carbonyl (C=O) groups is 2. The number of benzene rings is 1. The van der Waals surface area contributed by atoms with Crippen molar-refractivity contribution in [1.82, 2.24) is 4.98 Å². The molecule has 8 nitrogen and oxygen atoms in total. The molecule has 0 spiro atoms. The van der Waals surface area contributed by atoms with Crippen LogP contribution in [0.5, 0.6) is 5.75 Å². The zero-order valence-corrected chi connectivity index (χ0v) is 17.3. The highest BCUT2D eigenvalue weighted by atomic mass is 19.2. The molecule has 0 saturated carbocycles. The molecule has 3 atom stereocenters. The maximum Gasteiger partial charge on any atom is 0.267 e. The summed E-state index contributed by atoms with van der Waals surface area (Å²) >= 11 is 0. The Hall–Kier alpha value is -3.11. The number of methoxy groups -OCH3 is 2. The molecule has 2 amide bonds. The van der Waals surface area contributed by atoms with Crippen LogP contribution >= 0.6 is 0 Å². The van der Waals surface area contributed by atoms with Gasteiger partial charge in [-0.15, -0.1) is 0 Å². The van der Waals surface area contributed by atoms with Crippen molar-refractivity contribution in [1.29, 1.82) is 0 Å². The molecule has 1 aromatic heterocycles. The van der Waals surface area contributed by atoms with E-state index in [-0.39, 0.29) is 23.7 Å². The van der Waals surface area contributed by atoms with Gasteiger partial charge in [0.1, 0.15) is 11.8 Å².